The first kappa shape index (κ1) is 30.5. The Bertz CT molecular complexity index is 1620. The molecule has 3 aromatic rings. The number of hydrogen-bond donors (Lipinski definition) is 4. The van der Waals surface area contributed by atoms with Gasteiger partial charge in [-0.15, -0.1) is 12.0 Å². The summed E-state index contributed by atoms with van der Waals surface area (Å²) < 4.78 is 42.6. The first-order valence-corrected chi connectivity index (χ1v) is 13.4. The van der Waals surface area contributed by atoms with Gasteiger partial charge < -0.3 is 16.1 Å². The minimum atomic E-state index is -2.96. The number of terminal acetylenes is 1. The maximum absolute atomic E-state index is 14.3. The second-order valence-corrected chi connectivity index (χ2v) is 12.1. The van der Waals surface area contributed by atoms with Gasteiger partial charge in [0.2, 0.25) is 5.95 Å². The van der Waals surface area contributed by atoms with Crippen LogP contribution >= 0.6 is 0 Å². The molecule has 1 aliphatic heterocycles. The molecule has 0 saturated carbocycles. The van der Waals surface area contributed by atoms with Crippen LogP contribution in [0.3, 0.4) is 0 Å². The molecule has 3 heterocycles. The zero-order chi connectivity index (χ0) is 31.0. The molecular weight excluding hydrogens is 541 g/mol. The minimum Gasteiger partial charge on any atom is -0.383 e. The molecule has 0 unspecified atom stereocenters. The predicted molar refractivity (Wildman–Crippen MR) is 159 cm³/mol. The second-order valence-electron chi connectivity index (χ2n) is 12.1. The van der Waals surface area contributed by atoms with Gasteiger partial charge >= 0.3 is 0 Å². The molecule has 4 rings (SSSR count). The Balaban J connectivity index is 1.85. The van der Waals surface area contributed by atoms with Gasteiger partial charge in [-0.05, 0) is 52.8 Å². The Morgan fingerprint density at radius 1 is 1.12 bits per heavy atom. The number of anilines is 2. The molecule has 42 heavy (non-hydrogen) atoms. The molecule has 0 saturated heterocycles. The number of alkyl halides is 2. The van der Waals surface area contributed by atoms with Crippen molar-refractivity contribution in [1.29, 1.82) is 5.26 Å². The summed E-state index contributed by atoms with van der Waals surface area (Å²) in [4.78, 5) is 8.43. The third-order valence-electron chi connectivity index (χ3n) is 7.48. The van der Waals surface area contributed by atoms with Crippen LogP contribution in [0.2, 0.25) is 0 Å². The number of benzene rings is 1. The highest BCUT2D eigenvalue weighted by molar-refractivity contribution is 5.99. The Labute approximate surface area is 244 Å². The number of aromatic nitrogens is 2. The molecule has 220 valence electrons. The maximum Gasteiger partial charge on any atom is 0.252 e. The van der Waals surface area contributed by atoms with Crippen LogP contribution in [0.25, 0.3) is 10.9 Å². The molecule has 1 atom stereocenters. The zero-order valence-corrected chi connectivity index (χ0v) is 24.7. The lowest BCUT2D eigenvalue weighted by atomic mass is 9.86. The molecule has 0 spiro atoms. The second kappa shape index (κ2) is 11.1. The number of halogens is 3. The summed E-state index contributed by atoms with van der Waals surface area (Å²) in [6.45, 7) is 11.6. The molecule has 4 N–H and O–H groups in total. The van der Waals surface area contributed by atoms with Crippen LogP contribution in [-0.2, 0) is 0 Å². The van der Waals surface area contributed by atoms with Crippen LogP contribution in [0.5, 0.6) is 0 Å². The van der Waals surface area contributed by atoms with E-state index in [-0.39, 0.29) is 17.6 Å². The summed E-state index contributed by atoms with van der Waals surface area (Å²) in [7, 11) is 0. The van der Waals surface area contributed by atoms with Crippen LogP contribution in [0.15, 0.2) is 42.4 Å². The average molecular weight is 577 g/mol. The molecule has 0 aliphatic carbocycles. The van der Waals surface area contributed by atoms with Crippen molar-refractivity contribution in [1.82, 2.24) is 25.9 Å². The quantitative estimate of drug-likeness (QED) is 0.187. The highest BCUT2D eigenvalue weighted by atomic mass is 19.3. The van der Waals surface area contributed by atoms with Crippen LogP contribution in [-0.4, -0.2) is 33.0 Å². The number of aryl methyl sites for hydroxylation is 1. The maximum atomic E-state index is 14.3. The third kappa shape index (κ3) is 6.07. The van der Waals surface area contributed by atoms with Gasteiger partial charge in [0.25, 0.3) is 5.92 Å². The first-order chi connectivity index (χ1) is 19.6. The van der Waals surface area contributed by atoms with Crippen LogP contribution in [0.1, 0.15) is 70.0 Å². The summed E-state index contributed by atoms with van der Waals surface area (Å²) in [6.07, 6.45) is 9.13. The summed E-state index contributed by atoms with van der Waals surface area (Å²) >= 11 is 0. The van der Waals surface area contributed by atoms with Crippen LogP contribution in [0.4, 0.5) is 24.5 Å². The summed E-state index contributed by atoms with van der Waals surface area (Å²) in [6, 6.07) is 8.02. The van der Waals surface area contributed by atoms with Crippen molar-refractivity contribution in [2.24, 2.45) is 5.41 Å². The highest BCUT2D eigenvalue weighted by Crippen LogP contribution is 2.38. The largest absolute Gasteiger partial charge is 0.383 e. The predicted octanol–water partition coefficient (Wildman–Crippen LogP) is 6.14. The average Bonchev–Trinajstić information content (AvgIpc) is 3.40. The Hall–Kier alpha value is -4.48. The summed E-state index contributed by atoms with van der Waals surface area (Å²) in [5.41, 5.74) is 8.54. The number of hydrazine groups is 2. The molecule has 1 aliphatic rings. The van der Waals surface area contributed by atoms with Gasteiger partial charge in [-0.2, -0.15) is 9.65 Å². The molecule has 0 bridgehead atoms. The normalized spacial score (nSPS) is 14.6. The number of pyridine rings is 2. The van der Waals surface area contributed by atoms with E-state index < -0.39 is 23.3 Å². The third-order valence-corrected chi connectivity index (χ3v) is 7.48. The van der Waals surface area contributed by atoms with Gasteiger partial charge in [0.05, 0.1) is 34.1 Å². The fourth-order valence-corrected chi connectivity index (χ4v) is 4.41. The van der Waals surface area contributed by atoms with E-state index in [4.69, 9.17) is 6.42 Å². The van der Waals surface area contributed by atoms with Crippen molar-refractivity contribution >= 4 is 22.3 Å². The van der Waals surface area contributed by atoms with Crippen LogP contribution in [0, 0.1) is 42.0 Å². The molecule has 1 aromatic carbocycles. The number of nitriles is 1. The van der Waals surface area contributed by atoms with Gasteiger partial charge in [0, 0.05) is 52.2 Å². The smallest absolute Gasteiger partial charge is 0.252 e. The SMILES string of the molecule is C#Cc1cnc2c(C#N)cc(N[C@H](C3=CN(C(C)(C)C)NN3)c3ccc(F)nc3C)cc2c1NCC(C)(C)C(C)(F)F. The fraction of sp³-hybridized carbons (Fsp3) is 0.387. The Kier molecular flexibility index (Phi) is 8.03. The van der Waals surface area contributed by atoms with Gasteiger partial charge in [-0.1, -0.05) is 25.8 Å². The lowest BCUT2D eigenvalue weighted by Gasteiger charge is -2.32. The number of fused-ring (bicyclic) bond motifs is 1. The number of nitrogens with one attached hydrogen (secondary N) is 4. The van der Waals surface area contributed by atoms with E-state index >= 15 is 0 Å². The monoisotopic (exact) mass is 576 g/mol. The van der Waals surface area contributed by atoms with E-state index in [1.807, 2.05) is 32.0 Å². The first-order valence-electron chi connectivity index (χ1n) is 13.4. The van der Waals surface area contributed by atoms with E-state index in [0.717, 1.165) is 12.6 Å². The van der Waals surface area contributed by atoms with E-state index in [1.54, 1.807) is 25.1 Å². The molecule has 8 nitrogen and oxygen atoms in total. The number of hydrogen-bond acceptors (Lipinski definition) is 8. The lowest BCUT2D eigenvalue weighted by molar-refractivity contribution is -0.0812. The van der Waals surface area contributed by atoms with Crippen molar-refractivity contribution in [3.05, 3.63) is 70.7 Å². The molecule has 0 fully saturated rings. The van der Waals surface area contributed by atoms with Gasteiger partial charge in [-0.25, -0.2) is 13.8 Å². The number of nitrogens with zero attached hydrogens (tertiary/aromatic N) is 4. The van der Waals surface area contributed by atoms with Crippen molar-refractivity contribution in [2.45, 2.75) is 66.0 Å². The number of rotatable bonds is 8. The Morgan fingerprint density at radius 2 is 1.83 bits per heavy atom. The van der Waals surface area contributed by atoms with Crippen molar-refractivity contribution in [3.8, 4) is 18.4 Å². The molecular formula is C31H35F3N8. The zero-order valence-electron chi connectivity index (χ0n) is 24.7. The van der Waals surface area contributed by atoms with Gasteiger partial charge in [0.1, 0.15) is 6.07 Å². The van der Waals surface area contributed by atoms with Gasteiger partial charge in [-0.3, -0.25) is 9.99 Å². The molecule has 2 aromatic heterocycles. The topological polar surface area (TPSA) is 101 Å². The van der Waals surface area contributed by atoms with E-state index in [9.17, 15) is 18.4 Å². The van der Waals surface area contributed by atoms with Crippen molar-refractivity contribution in [3.63, 3.8) is 0 Å². The van der Waals surface area contributed by atoms with Crippen LogP contribution < -0.4 is 21.6 Å². The highest BCUT2D eigenvalue weighted by Gasteiger charge is 2.42. The van der Waals surface area contributed by atoms with Crippen molar-refractivity contribution < 1.29 is 13.2 Å². The summed E-state index contributed by atoms with van der Waals surface area (Å²) in [5, 5.41) is 19.0. The fourth-order valence-electron chi connectivity index (χ4n) is 4.41. The van der Waals surface area contributed by atoms with E-state index in [1.165, 1.54) is 26.1 Å². The molecule has 0 radical (unpaired) electrons. The van der Waals surface area contributed by atoms with E-state index in [0.29, 0.717) is 39.1 Å². The minimum absolute atomic E-state index is 0.0853. The molecule has 11 heteroatoms. The van der Waals surface area contributed by atoms with E-state index in [2.05, 4.69) is 43.6 Å². The Morgan fingerprint density at radius 3 is 2.40 bits per heavy atom. The summed E-state index contributed by atoms with van der Waals surface area (Å²) in [5.74, 6) is -0.991. The van der Waals surface area contributed by atoms with Gasteiger partial charge in [0.15, 0.2) is 0 Å². The van der Waals surface area contributed by atoms with Crippen molar-refractivity contribution in [2.75, 3.05) is 17.2 Å². The lowest BCUT2D eigenvalue weighted by Crippen LogP contribution is -2.47. The standard InChI is InChI=1S/C31H35F3N8/c1-9-19-15-36-27-20(14-35)12-21(13-23(27)26(19)37-17-30(6,7)31(8,33)34)39-28(22-10-11-25(32)38-18(22)2)24-16-42(41-40-24)29(3,4)5/h1,10-13,15-16,28,39-41H,17H2,2-8H3,(H,36,37)/t28-/m0/s1. The molecule has 0 amide bonds.